The Balaban J connectivity index is 4.04. The van der Waals surface area contributed by atoms with Crippen LogP contribution in [-0.4, -0.2) is 26.9 Å². The van der Waals surface area contributed by atoms with Crippen LogP contribution in [0.15, 0.2) is 23.7 Å². The maximum atomic E-state index is 5.62. The summed E-state index contributed by atoms with van der Waals surface area (Å²) in [6, 6.07) is 0. The summed E-state index contributed by atoms with van der Waals surface area (Å²) in [5.41, 5.74) is 0. The van der Waals surface area contributed by atoms with Crippen LogP contribution in [0, 0.1) is 12.3 Å². The number of terminal acetylenes is 1. The monoisotopic (exact) mass is 252 g/mol. The Morgan fingerprint density at radius 1 is 1.06 bits per heavy atom. The number of methoxy groups -OCH3 is 1. The predicted molar refractivity (Wildman–Crippen MR) is 74.0 cm³/mol. The molecule has 3 heteroatoms. The first-order chi connectivity index (χ1) is 8.78. The topological polar surface area (TPSA) is 27.7 Å². The zero-order valence-electron chi connectivity index (χ0n) is 11.7. The van der Waals surface area contributed by atoms with E-state index in [2.05, 4.69) is 12.8 Å². The molecule has 0 amide bonds. The Kier molecular flexibility index (Phi) is 11.1. The zero-order chi connectivity index (χ0) is 13.6. The maximum absolute atomic E-state index is 5.62. The molecule has 0 bridgehead atoms. The molecule has 102 valence electrons. The van der Waals surface area contributed by atoms with Gasteiger partial charge < -0.3 is 14.2 Å². The van der Waals surface area contributed by atoms with Gasteiger partial charge in [-0.05, 0) is 12.2 Å². The molecular formula is C15H24O3. The highest BCUT2D eigenvalue weighted by Crippen LogP contribution is 2.07. The molecule has 0 aromatic carbocycles. The summed E-state index contributed by atoms with van der Waals surface area (Å²) in [6.07, 6.45) is 11.4. The molecule has 0 N–H and O–H groups in total. The molecule has 0 aromatic rings. The number of hydrogen-bond donors (Lipinski definition) is 0. The minimum absolute atomic E-state index is 0.516. The lowest BCUT2D eigenvalue weighted by Gasteiger charge is -2.09. The van der Waals surface area contributed by atoms with Crippen molar-refractivity contribution in [2.24, 2.45) is 0 Å². The van der Waals surface area contributed by atoms with Crippen molar-refractivity contribution in [3.63, 3.8) is 0 Å². The first-order valence-electron chi connectivity index (χ1n) is 6.34. The van der Waals surface area contributed by atoms with E-state index in [1.54, 1.807) is 7.11 Å². The standard InChI is InChI=1S/C15H24O3/c1-5-8-11-17-15(7-3)10-13-18-14(6-2)9-12-16-4/h1,9-10H,6-8,11-13H2,2-4H3/b14-9+,15-10+. The minimum atomic E-state index is 0.516. The molecule has 0 saturated carbocycles. The molecule has 0 spiro atoms. The number of rotatable bonds is 10. The number of hydrogen-bond acceptors (Lipinski definition) is 3. The molecule has 0 aliphatic heterocycles. The third kappa shape index (κ3) is 8.72. The summed E-state index contributed by atoms with van der Waals surface area (Å²) in [5, 5.41) is 0. The average Bonchev–Trinajstić information content (AvgIpc) is 2.40. The van der Waals surface area contributed by atoms with E-state index in [0.29, 0.717) is 26.2 Å². The number of ether oxygens (including phenoxy) is 3. The van der Waals surface area contributed by atoms with Crippen molar-refractivity contribution in [2.75, 3.05) is 26.9 Å². The average molecular weight is 252 g/mol. The van der Waals surface area contributed by atoms with E-state index in [-0.39, 0.29) is 0 Å². The molecule has 0 atom stereocenters. The van der Waals surface area contributed by atoms with Crippen LogP contribution in [0.5, 0.6) is 0 Å². The lowest BCUT2D eigenvalue weighted by molar-refractivity contribution is 0.192. The molecule has 0 rings (SSSR count). The highest BCUT2D eigenvalue weighted by Gasteiger charge is 1.97. The van der Waals surface area contributed by atoms with Gasteiger partial charge in [0.05, 0.1) is 24.7 Å². The van der Waals surface area contributed by atoms with Gasteiger partial charge in [0, 0.05) is 26.4 Å². The van der Waals surface area contributed by atoms with Gasteiger partial charge in [-0.25, -0.2) is 0 Å². The van der Waals surface area contributed by atoms with Crippen molar-refractivity contribution in [3.8, 4) is 12.3 Å². The van der Waals surface area contributed by atoms with Crippen LogP contribution in [0.3, 0.4) is 0 Å². The van der Waals surface area contributed by atoms with E-state index in [9.17, 15) is 0 Å². The smallest absolute Gasteiger partial charge is 0.109 e. The fourth-order valence-corrected chi connectivity index (χ4v) is 1.27. The highest BCUT2D eigenvalue weighted by atomic mass is 16.5. The SMILES string of the molecule is C#CCCO/C(=C/CO/C(=C/COC)CC)CC. The van der Waals surface area contributed by atoms with Gasteiger partial charge in [-0.15, -0.1) is 12.3 Å². The van der Waals surface area contributed by atoms with Gasteiger partial charge >= 0.3 is 0 Å². The van der Waals surface area contributed by atoms with Crippen LogP contribution in [0.1, 0.15) is 33.1 Å². The molecule has 0 fully saturated rings. The van der Waals surface area contributed by atoms with Gasteiger partial charge in [0.1, 0.15) is 6.61 Å². The highest BCUT2D eigenvalue weighted by molar-refractivity contribution is 4.97. The van der Waals surface area contributed by atoms with E-state index in [4.69, 9.17) is 20.6 Å². The first kappa shape index (κ1) is 16.6. The molecule has 18 heavy (non-hydrogen) atoms. The molecular weight excluding hydrogens is 228 g/mol. The van der Waals surface area contributed by atoms with Crippen LogP contribution < -0.4 is 0 Å². The predicted octanol–water partition coefficient (Wildman–Crippen LogP) is 3.28. The van der Waals surface area contributed by atoms with E-state index in [0.717, 1.165) is 24.4 Å². The first-order valence-corrected chi connectivity index (χ1v) is 6.34. The van der Waals surface area contributed by atoms with Crippen molar-refractivity contribution >= 4 is 0 Å². The van der Waals surface area contributed by atoms with Crippen LogP contribution in [0.2, 0.25) is 0 Å². The van der Waals surface area contributed by atoms with Crippen molar-refractivity contribution in [1.29, 1.82) is 0 Å². The Morgan fingerprint density at radius 2 is 1.67 bits per heavy atom. The van der Waals surface area contributed by atoms with Gasteiger partial charge in [-0.2, -0.15) is 0 Å². The molecule has 3 nitrogen and oxygen atoms in total. The van der Waals surface area contributed by atoms with Gasteiger partial charge in [-0.1, -0.05) is 13.8 Å². The fourth-order valence-electron chi connectivity index (χ4n) is 1.27. The quantitative estimate of drug-likeness (QED) is 0.339. The van der Waals surface area contributed by atoms with Gasteiger partial charge in [0.15, 0.2) is 0 Å². The van der Waals surface area contributed by atoms with Gasteiger partial charge in [0.2, 0.25) is 0 Å². The van der Waals surface area contributed by atoms with Crippen molar-refractivity contribution in [3.05, 3.63) is 23.7 Å². The molecule has 0 aliphatic rings. The second-order valence-electron chi connectivity index (χ2n) is 3.62. The lowest BCUT2D eigenvalue weighted by atomic mass is 10.3. The Labute approximate surface area is 111 Å². The van der Waals surface area contributed by atoms with Crippen molar-refractivity contribution in [2.45, 2.75) is 33.1 Å². The fraction of sp³-hybridized carbons (Fsp3) is 0.600. The molecule has 0 saturated heterocycles. The summed E-state index contributed by atoms with van der Waals surface area (Å²) in [7, 11) is 1.66. The molecule has 0 heterocycles. The van der Waals surface area contributed by atoms with Crippen molar-refractivity contribution in [1.82, 2.24) is 0 Å². The van der Waals surface area contributed by atoms with Gasteiger partial charge in [0.25, 0.3) is 0 Å². The summed E-state index contributed by atoms with van der Waals surface area (Å²) < 4.78 is 16.1. The summed E-state index contributed by atoms with van der Waals surface area (Å²) in [6.45, 7) is 5.75. The van der Waals surface area contributed by atoms with E-state index in [1.165, 1.54) is 0 Å². The second-order valence-corrected chi connectivity index (χ2v) is 3.62. The van der Waals surface area contributed by atoms with Crippen LogP contribution in [0.25, 0.3) is 0 Å². The Hall–Kier alpha value is -1.40. The minimum Gasteiger partial charge on any atom is -0.497 e. The molecule has 0 aliphatic carbocycles. The summed E-state index contributed by atoms with van der Waals surface area (Å²) in [4.78, 5) is 0. The molecule has 0 radical (unpaired) electrons. The van der Waals surface area contributed by atoms with Gasteiger partial charge in [-0.3, -0.25) is 0 Å². The molecule has 0 unspecified atom stereocenters. The zero-order valence-corrected chi connectivity index (χ0v) is 11.7. The van der Waals surface area contributed by atoms with Crippen LogP contribution in [-0.2, 0) is 14.2 Å². The maximum Gasteiger partial charge on any atom is 0.109 e. The third-order valence-corrected chi connectivity index (χ3v) is 2.29. The molecule has 0 aromatic heterocycles. The van der Waals surface area contributed by atoms with E-state index in [1.807, 2.05) is 19.1 Å². The van der Waals surface area contributed by atoms with Crippen LogP contribution >= 0.6 is 0 Å². The second kappa shape index (κ2) is 12.1. The Morgan fingerprint density at radius 3 is 2.22 bits per heavy atom. The lowest BCUT2D eigenvalue weighted by Crippen LogP contribution is -1.98. The van der Waals surface area contributed by atoms with Crippen molar-refractivity contribution < 1.29 is 14.2 Å². The summed E-state index contributed by atoms with van der Waals surface area (Å²) in [5.74, 6) is 4.41. The Bertz CT molecular complexity index is 297. The van der Waals surface area contributed by atoms with E-state index < -0.39 is 0 Å². The third-order valence-electron chi connectivity index (χ3n) is 2.29. The normalized spacial score (nSPS) is 12.1. The van der Waals surface area contributed by atoms with Crippen LogP contribution in [0.4, 0.5) is 0 Å². The largest absolute Gasteiger partial charge is 0.497 e. The van der Waals surface area contributed by atoms with E-state index >= 15 is 0 Å². The number of allylic oxidation sites excluding steroid dienone is 2. The summed E-state index contributed by atoms with van der Waals surface area (Å²) >= 11 is 0.